The van der Waals surface area contributed by atoms with Crippen LogP contribution in [0.25, 0.3) is 5.57 Å². The molecule has 3 aromatic rings. The fraction of sp³-hybridized carbons (Fsp3) is 0.136. The molecule has 5 nitrogen and oxygen atoms in total. The molecule has 0 radical (unpaired) electrons. The summed E-state index contributed by atoms with van der Waals surface area (Å²) in [6.45, 7) is 2.79. The number of para-hydroxylation sites is 1. The van der Waals surface area contributed by atoms with Gasteiger partial charge < -0.3 is 4.90 Å². The van der Waals surface area contributed by atoms with Crippen LogP contribution in [0.1, 0.15) is 17.4 Å². The summed E-state index contributed by atoms with van der Waals surface area (Å²) in [5, 5.41) is 1.92. The fourth-order valence-electron chi connectivity index (χ4n) is 3.35. The lowest BCUT2D eigenvalue weighted by Gasteiger charge is -2.24. The smallest absolute Gasteiger partial charge is 0.278 e. The highest BCUT2D eigenvalue weighted by atomic mass is 32.1. The lowest BCUT2D eigenvalue weighted by molar-refractivity contribution is -0.137. The molecule has 3 heterocycles. The van der Waals surface area contributed by atoms with E-state index in [1.54, 1.807) is 12.4 Å². The van der Waals surface area contributed by atoms with Crippen molar-refractivity contribution in [2.75, 3.05) is 11.4 Å². The summed E-state index contributed by atoms with van der Waals surface area (Å²) in [7, 11) is 0. The van der Waals surface area contributed by atoms with Crippen LogP contribution in [0.15, 0.2) is 78.1 Å². The SMILES string of the molecule is CCN(C1=C(c2cccs2)C(=O)N(Cc2ccncc2)C1=O)c1ccccc1. The molecular formula is C22H19N3O2S. The zero-order valence-corrected chi connectivity index (χ0v) is 16.2. The largest absolute Gasteiger partial charge is 0.337 e. The van der Waals surface area contributed by atoms with Crippen molar-refractivity contribution in [2.45, 2.75) is 13.5 Å². The number of carbonyl (C=O) groups is 2. The molecule has 6 heteroatoms. The van der Waals surface area contributed by atoms with Gasteiger partial charge in [-0.25, -0.2) is 0 Å². The average molecular weight is 389 g/mol. The summed E-state index contributed by atoms with van der Waals surface area (Å²) in [6, 6.07) is 17.1. The van der Waals surface area contributed by atoms with Gasteiger partial charge in [0.05, 0.1) is 12.1 Å². The van der Waals surface area contributed by atoms with Crippen LogP contribution < -0.4 is 4.90 Å². The Morgan fingerprint density at radius 2 is 1.71 bits per heavy atom. The topological polar surface area (TPSA) is 53.5 Å². The molecule has 1 aromatic carbocycles. The third kappa shape index (κ3) is 3.23. The molecule has 1 aliphatic heterocycles. The van der Waals surface area contributed by atoms with Gasteiger partial charge in [-0.05, 0) is 48.2 Å². The van der Waals surface area contributed by atoms with Gasteiger partial charge in [0.1, 0.15) is 5.70 Å². The first kappa shape index (κ1) is 18.1. The van der Waals surface area contributed by atoms with E-state index in [4.69, 9.17) is 0 Å². The van der Waals surface area contributed by atoms with Crippen molar-refractivity contribution in [1.29, 1.82) is 0 Å². The minimum absolute atomic E-state index is 0.227. The second kappa shape index (κ2) is 7.78. The number of hydrogen-bond donors (Lipinski definition) is 0. The Bertz CT molecular complexity index is 1010. The first-order chi connectivity index (χ1) is 13.7. The Morgan fingerprint density at radius 3 is 2.36 bits per heavy atom. The summed E-state index contributed by atoms with van der Waals surface area (Å²) in [6.07, 6.45) is 3.33. The maximum absolute atomic E-state index is 13.4. The van der Waals surface area contributed by atoms with E-state index >= 15 is 0 Å². The van der Waals surface area contributed by atoms with E-state index in [-0.39, 0.29) is 18.4 Å². The van der Waals surface area contributed by atoms with Gasteiger partial charge >= 0.3 is 0 Å². The van der Waals surface area contributed by atoms with Gasteiger partial charge in [0.25, 0.3) is 11.8 Å². The predicted molar refractivity (Wildman–Crippen MR) is 110 cm³/mol. The maximum Gasteiger partial charge on any atom is 0.278 e. The highest BCUT2D eigenvalue weighted by Crippen LogP contribution is 2.36. The van der Waals surface area contributed by atoms with Gasteiger partial charge in [-0.1, -0.05) is 24.3 Å². The Kier molecular flexibility index (Phi) is 5.04. The van der Waals surface area contributed by atoms with Crippen LogP contribution in [-0.2, 0) is 16.1 Å². The highest BCUT2D eigenvalue weighted by Gasteiger charge is 2.42. The van der Waals surface area contributed by atoms with E-state index in [0.717, 1.165) is 16.1 Å². The van der Waals surface area contributed by atoms with Crippen molar-refractivity contribution in [3.8, 4) is 0 Å². The average Bonchev–Trinajstić information content (AvgIpc) is 3.34. The Labute approximate surface area is 167 Å². The second-order valence-corrected chi connectivity index (χ2v) is 7.28. The van der Waals surface area contributed by atoms with E-state index in [1.807, 2.05) is 71.8 Å². The van der Waals surface area contributed by atoms with Crippen LogP contribution in [0.2, 0.25) is 0 Å². The molecule has 2 amide bonds. The number of likely N-dealkylation sites (N-methyl/N-ethyl adjacent to an activating group) is 1. The van der Waals surface area contributed by atoms with Crippen molar-refractivity contribution >= 4 is 34.4 Å². The molecule has 4 rings (SSSR count). The van der Waals surface area contributed by atoms with Crippen LogP contribution in [0.3, 0.4) is 0 Å². The molecule has 0 fully saturated rings. The molecule has 0 aliphatic carbocycles. The van der Waals surface area contributed by atoms with E-state index in [1.165, 1.54) is 16.2 Å². The number of benzene rings is 1. The fourth-order valence-corrected chi connectivity index (χ4v) is 4.11. The van der Waals surface area contributed by atoms with Crippen molar-refractivity contribution in [3.63, 3.8) is 0 Å². The van der Waals surface area contributed by atoms with Crippen molar-refractivity contribution in [1.82, 2.24) is 9.88 Å². The Hall–Kier alpha value is -3.25. The van der Waals surface area contributed by atoms with Gasteiger partial charge in [0, 0.05) is 29.5 Å². The molecule has 28 heavy (non-hydrogen) atoms. The molecule has 2 aromatic heterocycles. The number of pyridine rings is 1. The molecule has 0 saturated carbocycles. The Morgan fingerprint density at radius 1 is 0.964 bits per heavy atom. The molecule has 0 bridgehead atoms. The molecule has 0 saturated heterocycles. The van der Waals surface area contributed by atoms with Gasteiger partial charge in [-0.2, -0.15) is 0 Å². The zero-order chi connectivity index (χ0) is 19.5. The summed E-state index contributed by atoms with van der Waals surface area (Å²) in [5.74, 6) is -0.524. The van der Waals surface area contributed by atoms with Crippen molar-refractivity contribution < 1.29 is 9.59 Å². The number of nitrogens with zero attached hydrogens (tertiary/aromatic N) is 3. The third-order valence-electron chi connectivity index (χ3n) is 4.66. The number of amides is 2. The minimum atomic E-state index is -0.268. The van der Waals surface area contributed by atoms with Crippen molar-refractivity contribution in [2.24, 2.45) is 0 Å². The van der Waals surface area contributed by atoms with E-state index < -0.39 is 0 Å². The van der Waals surface area contributed by atoms with Crippen LogP contribution in [-0.4, -0.2) is 28.2 Å². The molecule has 0 N–H and O–H groups in total. The Balaban J connectivity index is 1.79. The van der Waals surface area contributed by atoms with Crippen LogP contribution in [0.4, 0.5) is 5.69 Å². The van der Waals surface area contributed by atoms with E-state index in [0.29, 0.717) is 17.8 Å². The molecular weight excluding hydrogens is 370 g/mol. The number of carbonyl (C=O) groups excluding carboxylic acids is 2. The lowest BCUT2D eigenvalue weighted by atomic mass is 10.1. The van der Waals surface area contributed by atoms with Crippen molar-refractivity contribution in [3.05, 3.63) is 88.5 Å². The molecule has 0 spiro atoms. The summed E-state index contributed by atoms with van der Waals surface area (Å²) >= 11 is 1.47. The van der Waals surface area contributed by atoms with Crippen LogP contribution in [0, 0.1) is 0 Å². The molecule has 0 unspecified atom stereocenters. The quantitative estimate of drug-likeness (QED) is 0.599. The summed E-state index contributed by atoms with van der Waals surface area (Å²) in [5.41, 5.74) is 2.67. The first-order valence-corrected chi connectivity index (χ1v) is 9.94. The van der Waals surface area contributed by atoms with Crippen LogP contribution >= 0.6 is 11.3 Å². The normalized spacial score (nSPS) is 14.1. The molecule has 140 valence electrons. The minimum Gasteiger partial charge on any atom is -0.337 e. The van der Waals surface area contributed by atoms with Gasteiger partial charge in [0.2, 0.25) is 0 Å². The van der Waals surface area contributed by atoms with E-state index in [2.05, 4.69) is 4.98 Å². The standard InChI is InChI=1S/C22H19N3O2S/c1-2-24(17-7-4-3-5-8-17)20-19(18-9-6-14-28-18)21(26)25(22(20)27)15-16-10-12-23-13-11-16/h3-14H,2,15H2,1H3. The molecule has 0 atom stereocenters. The van der Waals surface area contributed by atoms with Gasteiger partial charge in [0.15, 0.2) is 0 Å². The lowest BCUT2D eigenvalue weighted by Crippen LogP contribution is -2.34. The number of rotatable bonds is 6. The highest BCUT2D eigenvalue weighted by molar-refractivity contribution is 7.11. The predicted octanol–water partition coefficient (Wildman–Crippen LogP) is 3.95. The summed E-state index contributed by atoms with van der Waals surface area (Å²) in [4.78, 5) is 34.7. The number of imide groups is 1. The van der Waals surface area contributed by atoms with Gasteiger partial charge in [-0.15, -0.1) is 11.3 Å². The molecule has 1 aliphatic rings. The van der Waals surface area contributed by atoms with Crippen LogP contribution in [0.5, 0.6) is 0 Å². The van der Waals surface area contributed by atoms with Gasteiger partial charge in [-0.3, -0.25) is 19.5 Å². The maximum atomic E-state index is 13.4. The second-order valence-electron chi connectivity index (χ2n) is 6.33. The number of aromatic nitrogens is 1. The monoisotopic (exact) mass is 389 g/mol. The first-order valence-electron chi connectivity index (χ1n) is 9.06. The third-order valence-corrected chi connectivity index (χ3v) is 5.54. The number of thiophene rings is 1. The zero-order valence-electron chi connectivity index (χ0n) is 15.4. The number of anilines is 1. The van der Waals surface area contributed by atoms with E-state index in [9.17, 15) is 9.59 Å². The summed E-state index contributed by atoms with van der Waals surface area (Å²) < 4.78 is 0. The number of hydrogen-bond acceptors (Lipinski definition) is 5.